The molecule has 0 aromatic carbocycles. The predicted molar refractivity (Wildman–Crippen MR) is 53.6 cm³/mol. The molecule has 0 aliphatic rings. The van der Waals surface area contributed by atoms with Crippen molar-refractivity contribution in [2.45, 2.75) is 19.2 Å². The number of aromatic nitrogens is 2. The van der Waals surface area contributed by atoms with E-state index in [4.69, 9.17) is 15.0 Å². The van der Waals surface area contributed by atoms with E-state index in [1.54, 1.807) is 0 Å². The third kappa shape index (κ3) is 6.52. The van der Waals surface area contributed by atoms with Crippen molar-refractivity contribution < 1.29 is 27.2 Å². The molecule has 1 aromatic heterocycles. The van der Waals surface area contributed by atoms with E-state index in [9.17, 15) is 13.2 Å². The van der Waals surface area contributed by atoms with Gasteiger partial charge < -0.3 is 19.7 Å². The monoisotopic (exact) mass is 269 g/mol. The highest BCUT2D eigenvalue weighted by Gasteiger charge is 2.27. The van der Waals surface area contributed by atoms with E-state index in [-0.39, 0.29) is 31.3 Å². The summed E-state index contributed by atoms with van der Waals surface area (Å²) in [5.41, 5.74) is 5.21. The van der Waals surface area contributed by atoms with E-state index in [0.717, 1.165) is 0 Å². The van der Waals surface area contributed by atoms with Crippen LogP contribution in [0.1, 0.15) is 11.7 Å². The standard InChI is InChI=1S/C9H14F3N3O3/c10-9(11,12)6-17-3-1-7-14-8(18-15-7)5-16-4-2-13/h1-6,13H2. The molecule has 2 N–H and O–H groups in total. The molecule has 0 saturated carbocycles. The van der Waals surface area contributed by atoms with Gasteiger partial charge in [-0.3, -0.25) is 0 Å². The molecule has 1 rings (SSSR count). The molecular formula is C9H14F3N3O3. The van der Waals surface area contributed by atoms with Crippen LogP contribution in [0.25, 0.3) is 0 Å². The van der Waals surface area contributed by atoms with E-state index in [0.29, 0.717) is 13.2 Å². The number of halogens is 3. The van der Waals surface area contributed by atoms with Crippen molar-refractivity contribution in [3.8, 4) is 0 Å². The van der Waals surface area contributed by atoms with E-state index in [1.165, 1.54) is 0 Å². The molecular weight excluding hydrogens is 255 g/mol. The zero-order valence-electron chi connectivity index (χ0n) is 9.57. The summed E-state index contributed by atoms with van der Waals surface area (Å²) < 4.78 is 49.5. The van der Waals surface area contributed by atoms with Crippen LogP contribution in [0.2, 0.25) is 0 Å². The van der Waals surface area contributed by atoms with Gasteiger partial charge in [0.25, 0.3) is 5.89 Å². The van der Waals surface area contributed by atoms with E-state index < -0.39 is 12.8 Å². The first kappa shape index (κ1) is 14.9. The van der Waals surface area contributed by atoms with Crippen molar-refractivity contribution >= 4 is 0 Å². The normalized spacial score (nSPS) is 12.0. The van der Waals surface area contributed by atoms with Crippen LogP contribution in [0.4, 0.5) is 13.2 Å². The molecule has 0 radical (unpaired) electrons. The molecule has 6 nitrogen and oxygen atoms in total. The van der Waals surface area contributed by atoms with Crippen molar-refractivity contribution in [3.63, 3.8) is 0 Å². The summed E-state index contributed by atoms with van der Waals surface area (Å²) in [5, 5.41) is 3.57. The van der Waals surface area contributed by atoms with Crippen molar-refractivity contribution in [3.05, 3.63) is 11.7 Å². The molecule has 0 atom stereocenters. The van der Waals surface area contributed by atoms with Crippen LogP contribution < -0.4 is 5.73 Å². The third-order valence-electron chi connectivity index (χ3n) is 1.73. The topological polar surface area (TPSA) is 83.4 Å². The average molecular weight is 269 g/mol. The highest BCUT2D eigenvalue weighted by atomic mass is 19.4. The smallest absolute Gasteiger partial charge is 0.372 e. The van der Waals surface area contributed by atoms with Crippen LogP contribution in [0, 0.1) is 0 Å². The minimum Gasteiger partial charge on any atom is -0.372 e. The summed E-state index contributed by atoms with van der Waals surface area (Å²) >= 11 is 0. The Morgan fingerprint density at radius 2 is 2.00 bits per heavy atom. The largest absolute Gasteiger partial charge is 0.411 e. The maximum absolute atomic E-state index is 11.8. The summed E-state index contributed by atoms with van der Waals surface area (Å²) in [4.78, 5) is 3.91. The molecule has 1 heterocycles. The van der Waals surface area contributed by atoms with Crippen molar-refractivity contribution in [1.82, 2.24) is 10.1 Å². The Hall–Kier alpha value is -1.19. The zero-order chi connectivity index (χ0) is 13.4. The Labute approximate surface area is 101 Å². The Morgan fingerprint density at radius 3 is 2.67 bits per heavy atom. The van der Waals surface area contributed by atoms with Gasteiger partial charge in [0.15, 0.2) is 5.82 Å². The van der Waals surface area contributed by atoms with Crippen LogP contribution >= 0.6 is 0 Å². The van der Waals surface area contributed by atoms with E-state index in [2.05, 4.69) is 14.9 Å². The number of nitrogens with two attached hydrogens (primary N) is 1. The molecule has 0 amide bonds. The summed E-state index contributed by atoms with van der Waals surface area (Å²) in [5.74, 6) is 0.540. The number of ether oxygens (including phenoxy) is 2. The van der Waals surface area contributed by atoms with Crippen molar-refractivity contribution in [2.75, 3.05) is 26.4 Å². The van der Waals surface area contributed by atoms with Gasteiger partial charge in [-0.15, -0.1) is 0 Å². The van der Waals surface area contributed by atoms with Gasteiger partial charge in [-0.25, -0.2) is 0 Å². The van der Waals surface area contributed by atoms with Gasteiger partial charge in [0.1, 0.15) is 13.2 Å². The Balaban J connectivity index is 2.19. The lowest BCUT2D eigenvalue weighted by molar-refractivity contribution is -0.173. The van der Waals surface area contributed by atoms with Crippen LogP contribution in [0.3, 0.4) is 0 Å². The molecule has 1 aromatic rings. The Morgan fingerprint density at radius 1 is 1.22 bits per heavy atom. The van der Waals surface area contributed by atoms with Crippen molar-refractivity contribution in [1.29, 1.82) is 0 Å². The van der Waals surface area contributed by atoms with E-state index in [1.807, 2.05) is 0 Å². The molecule has 0 bridgehead atoms. The molecule has 0 spiro atoms. The molecule has 9 heteroatoms. The first-order chi connectivity index (χ1) is 8.51. The number of hydrogen-bond acceptors (Lipinski definition) is 6. The summed E-state index contributed by atoms with van der Waals surface area (Å²) in [6.45, 7) is -0.522. The second kappa shape index (κ2) is 7.29. The summed E-state index contributed by atoms with van der Waals surface area (Å²) in [6, 6.07) is 0. The van der Waals surface area contributed by atoms with Gasteiger partial charge in [0.2, 0.25) is 0 Å². The maximum atomic E-state index is 11.8. The minimum atomic E-state index is -4.32. The van der Waals surface area contributed by atoms with Crippen LogP contribution in [0.5, 0.6) is 0 Å². The van der Waals surface area contributed by atoms with Gasteiger partial charge in [0, 0.05) is 13.0 Å². The van der Waals surface area contributed by atoms with Crippen molar-refractivity contribution in [2.24, 2.45) is 5.73 Å². The SMILES string of the molecule is NCCOCc1nc(CCOCC(F)(F)F)no1. The number of rotatable bonds is 8. The predicted octanol–water partition coefficient (Wildman–Crippen LogP) is 0.666. The molecule has 0 fully saturated rings. The molecule has 0 saturated heterocycles. The van der Waals surface area contributed by atoms with Gasteiger partial charge in [-0.2, -0.15) is 18.2 Å². The third-order valence-corrected chi connectivity index (χ3v) is 1.73. The maximum Gasteiger partial charge on any atom is 0.411 e. The first-order valence-corrected chi connectivity index (χ1v) is 5.25. The van der Waals surface area contributed by atoms with Crippen LogP contribution in [0.15, 0.2) is 4.52 Å². The summed E-state index contributed by atoms with van der Waals surface area (Å²) in [7, 11) is 0. The fraction of sp³-hybridized carbons (Fsp3) is 0.778. The van der Waals surface area contributed by atoms with Gasteiger partial charge in [0.05, 0.1) is 13.2 Å². The van der Waals surface area contributed by atoms with Gasteiger partial charge in [-0.1, -0.05) is 5.16 Å². The lowest BCUT2D eigenvalue weighted by Crippen LogP contribution is -2.18. The van der Waals surface area contributed by atoms with Crippen LogP contribution in [-0.4, -0.2) is 42.7 Å². The van der Waals surface area contributed by atoms with E-state index >= 15 is 0 Å². The lowest BCUT2D eigenvalue weighted by atomic mass is 10.4. The molecule has 104 valence electrons. The summed E-state index contributed by atoms with van der Waals surface area (Å²) in [6.07, 6.45) is -4.17. The second-order valence-electron chi connectivity index (χ2n) is 3.36. The quantitative estimate of drug-likeness (QED) is 0.698. The second-order valence-corrected chi connectivity index (χ2v) is 3.36. The zero-order valence-corrected chi connectivity index (χ0v) is 9.57. The number of alkyl halides is 3. The van der Waals surface area contributed by atoms with Crippen LogP contribution in [-0.2, 0) is 22.5 Å². The minimum absolute atomic E-state index is 0.123. The van der Waals surface area contributed by atoms with Gasteiger partial charge in [-0.05, 0) is 0 Å². The molecule has 0 aliphatic carbocycles. The number of nitrogens with zero attached hydrogens (tertiary/aromatic N) is 2. The average Bonchev–Trinajstić information content (AvgIpc) is 2.72. The fourth-order valence-electron chi connectivity index (χ4n) is 1.04. The Bertz CT molecular complexity index is 343. The Kier molecular flexibility index (Phi) is 6.02. The molecule has 0 aliphatic heterocycles. The van der Waals surface area contributed by atoms with Gasteiger partial charge >= 0.3 is 6.18 Å². The lowest BCUT2D eigenvalue weighted by Gasteiger charge is -2.05. The molecule has 0 unspecified atom stereocenters. The highest BCUT2D eigenvalue weighted by Crippen LogP contribution is 2.14. The first-order valence-electron chi connectivity index (χ1n) is 5.25. The highest BCUT2D eigenvalue weighted by molar-refractivity contribution is 4.85. The fourth-order valence-corrected chi connectivity index (χ4v) is 1.04. The molecule has 18 heavy (non-hydrogen) atoms. The number of hydrogen-bond donors (Lipinski definition) is 1.